The third kappa shape index (κ3) is 2.71. The smallest absolute Gasteiger partial charge is 0.241 e. The highest BCUT2D eigenvalue weighted by Gasteiger charge is 2.49. The Morgan fingerprint density at radius 1 is 1.39 bits per heavy atom. The van der Waals surface area contributed by atoms with E-state index in [9.17, 15) is 4.79 Å². The van der Waals surface area contributed by atoms with Crippen molar-refractivity contribution in [3.05, 3.63) is 0 Å². The van der Waals surface area contributed by atoms with Gasteiger partial charge in [0.15, 0.2) is 0 Å². The number of nitrogens with zero attached hydrogens (tertiary/aromatic N) is 1. The van der Waals surface area contributed by atoms with Crippen molar-refractivity contribution in [3.63, 3.8) is 0 Å². The third-order valence-corrected chi connectivity index (χ3v) is 4.72. The second kappa shape index (κ2) is 5.20. The van der Waals surface area contributed by atoms with Crippen LogP contribution in [0.3, 0.4) is 0 Å². The SMILES string of the molecule is CCCCC1NC(CC)N(CC2CC2(C)C)C1=O. The second-order valence-corrected chi connectivity index (χ2v) is 6.67. The predicted molar refractivity (Wildman–Crippen MR) is 74.1 cm³/mol. The molecule has 2 aliphatic rings. The van der Waals surface area contributed by atoms with Gasteiger partial charge in [-0.25, -0.2) is 0 Å². The number of hydrogen-bond donors (Lipinski definition) is 1. The van der Waals surface area contributed by atoms with E-state index in [-0.39, 0.29) is 12.2 Å². The largest absolute Gasteiger partial charge is 0.326 e. The van der Waals surface area contributed by atoms with Crippen molar-refractivity contribution in [1.82, 2.24) is 10.2 Å². The molecule has 2 fully saturated rings. The second-order valence-electron chi connectivity index (χ2n) is 6.67. The molecular formula is C15H28N2O. The molecule has 1 aliphatic heterocycles. The zero-order valence-electron chi connectivity index (χ0n) is 12.3. The summed E-state index contributed by atoms with van der Waals surface area (Å²) < 4.78 is 0. The van der Waals surface area contributed by atoms with Crippen molar-refractivity contribution in [2.24, 2.45) is 11.3 Å². The molecule has 1 heterocycles. The highest BCUT2D eigenvalue weighted by atomic mass is 16.2. The minimum absolute atomic E-state index is 0.0803. The Balaban J connectivity index is 1.93. The van der Waals surface area contributed by atoms with E-state index < -0.39 is 0 Å². The van der Waals surface area contributed by atoms with Crippen LogP contribution in [0.5, 0.6) is 0 Å². The van der Waals surface area contributed by atoms with Gasteiger partial charge in [0.1, 0.15) is 0 Å². The normalized spacial score (nSPS) is 34.1. The number of rotatable bonds is 6. The fourth-order valence-corrected chi connectivity index (χ4v) is 3.04. The van der Waals surface area contributed by atoms with Gasteiger partial charge in [-0.2, -0.15) is 0 Å². The Hall–Kier alpha value is -0.570. The molecule has 0 radical (unpaired) electrons. The summed E-state index contributed by atoms with van der Waals surface area (Å²) in [6, 6.07) is 0.0803. The van der Waals surface area contributed by atoms with Crippen molar-refractivity contribution in [2.45, 2.75) is 72.0 Å². The average Bonchev–Trinajstić information content (AvgIpc) is 2.81. The first-order valence-electron chi connectivity index (χ1n) is 7.56. The standard InChI is InChI=1S/C15H28N2O/c1-5-7-8-12-14(18)17(13(6-2)16-12)10-11-9-15(11,3)4/h11-13,16H,5-10H2,1-4H3. The van der Waals surface area contributed by atoms with E-state index in [0.29, 0.717) is 17.2 Å². The van der Waals surface area contributed by atoms with E-state index in [1.165, 1.54) is 6.42 Å². The molecule has 3 heteroatoms. The summed E-state index contributed by atoms with van der Waals surface area (Å²) in [5, 5.41) is 3.51. The molecule has 0 spiro atoms. The lowest BCUT2D eigenvalue weighted by Gasteiger charge is -2.23. The maximum atomic E-state index is 12.4. The molecule has 104 valence electrons. The summed E-state index contributed by atoms with van der Waals surface area (Å²) in [4.78, 5) is 14.5. The van der Waals surface area contributed by atoms with Gasteiger partial charge in [-0.15, -0.1) is 0 Å². The zero-order chi connectivity index (χ0) is 13.3. The van der Waals surface area contributed by atoms with Gasteiger partial charge in [-0.05, 0) is 30.6 Å². The molecule has 1 saturated carbocycles. The fraction of sp³-hybridized carbons (Fsp3) is 0.933. The fourth-order valence-electron chi connectivity index (χ4n) is 3.04. The van der Waals surface area contributed by atoms with Crippen LogP contribution in [-0.2, 0) is 4.79 Å². The first kappa shape index (κ1) is 13.9. The summed E-state index contributed by atoms with van der Waals surface area (Å²) in [6.45, 7) is 9.92. The topological polar surface area (TPSA) is 32.3 Å². The third-order valence-electron chi connectivity index (χ3n) is 4.72. The molecule has 0 aromatic rings. The van der Waals surface area contributed by atoms with Gasteiger partial charge >= 0.3 is 0 Å². The van der Waals surface area contributed by atoms with E-state index in [4.69, 9.17) is 0 Å². The maximum absolute atomic E-state index is 12.4. The summed E-state index contributed by atoms with van der Waals surface area (Å²) >= 11 is 0. The van der Waals surface area contributed by atoms with Crippen molar-refractivity contribution in [1.29, 1.82) is 0 Å². The van der Waals surface area contributed by atoms with Gasteiger partial charge in [-0.3, -0.25) is 10.1 Å². The van der Waals surface area contributed by atoms with Gasteiger partial charge in [0.05, 0.1) is 12.2 Å². The number of unbranched alkanes of at least 4 members (excludes halogenated alkanes) is 1. The number of carbonyl (C=O) groups excluding carboxylic acids is 1. The lowest BCUT2D eigenvalue weighted by atomic mass is 10.1. The summed E-state index contributed by atoms with van der Waals surface area (Å²) in [5.41, 5.74) is 0.458. The van der Waals surface area contributed by atoms with Crippen LogP contribution in [0.15, 0.2) is 0 Å². The lowest BCUT2D eigenvalue weighted by molar-refractivity contribution is -0.130. The molecule has 3 atom stereocenters. The summed E-state index contributed by atoms with van der Waals surface area (Å²) in [7, 11) is 0. The average molecular weight is 252 g/mol. The molecule has 1 amide bonds. The first-order valence-corrected chi connectivity index (χ1v) is 7.56. The van der Waals surface area contributed by atoms with Gasteiger partial charge in [0.25, 0.3) is 0 Å². The molecule has 2 rings (SSSR count). The first-order chi connectivity index (χ1) is 8.49. The lowest BCUT2D eigenvalue weighted by Crippen LogP contribution is -2.38. The van der Waals surface area contributed by atoms with Crippen molar-refractivity contribution in [2.75, 3.05) is 6.54 Å². The summed E-state index contributed by atoms with van der Waals surface area (Å²) in [5.74, 6) is 1.06. The van der Waals surface area contributed by atoms with E-state index in [0.717, 1.165) is 32.2 Å². The molecule has 0 aromatic heterocycles. The molecule has 1 aliphatic carbocycles. The van der Waals surface area contributed by atoms with Crippen LogP contribution >= 0.6 is 0 Å². The quantitative estimate of drug-likeness (QED) is 0.788. The molecule has 18 heavy (non-hydrogen) atoms. The Morgan fingerprint density at radius 2 is 2.06 bits per heavy atom. The Kier molecular flexibility index (Phi) is 4.00. The van der Waals surface area contributed by atoms with Crippen molar-refractivity contribution < 1.29 is 4.79 Å². The molecule has 0 bridgehead atoms. The van der Waals surface area contributed by atoms with Crippen LogP contribution in [0.25, 0.3) is 0 Å². The molecule has 1 saturated heterocycles. The number of amides is 1. The van der Waals surface area contributed by atoms with Crippen molar-refractivity contribution >= 4 is 5.91 Å². The number of hydrogen-bond acceptors (Lipinski definition) is 2. The monoisotopic (exact) mass is 252 g/mol. The van der Waals surface area contributed by atoms with E-state index >= 15 is 0 Å². The van der Waals surface area contributed by atoms with Crippen LogP contribution in [0, 0.1) is 11.3 Å². The van der Waals surface area contributed by atoms with Crippen LogP contribution in [0.1, 0.15) is 59.8 Å². The van der Waals surface area contributed by atoms with Crippen LogP contribution in [-0.4, -0.2) is 29.6 Å². The highest BCUT2D eigenvalue weighted by Crippen LogP contribution is 2.52. The number of carbonyl (C=O) groups is 1. The minimum Gasteiger partial charge on any atom is -0.326 e. The Morgan fingerprint density at radius 3 is 2.56 bits per heavy atom. The van der Waals surface area contributed by atoms with Crippen molar-refractivity contribution in [3.8, 4) is 0 Å². The van der Waals surface area contributed by atoms with Crippen LogP contribution in [0.2, 0.25) is 0 Å². The molecule has 3 unspecified atom stereocenters. The minimum atomic E-state index is 0.0803. The Labute approximate surface area is 111 Å². The number of nitrogens with one attached hydrogen (secondary N) is 1. The molecule has 1 N–H and O–H groups in total. The zero-order valence-corrected chi connectivity index (χ0v) is 12.3. The van der Waals surface area contributed by atoms with Gasteiger partial charge < -0.3 is 4.90 Å². The van der Waals surface area contributed by atoms with E-state index in [1.54, 1.807) is 0 Å². The van der Waals surface area contributed by atoms with E-state index in [1.807, 2.05) is 0 Å². The maximum Gasteiger partial charge on any atom is 0.241 e. The van der Waals surface area contributed by atoms with Gasteiger partial charge in [0, 0.05) is 6.54 Å². The van der Waals surface area contributed by atoms with E-state index in [2.05, 4.69) is 37.9 Å². The highest BCUT2D eigenvalue weighted by molar-refractivity contribution is 5.84. The molecular weight excluding hydrogens is 224 g/mol. The Bertz CT molecular complexity index is 314. The van der Waals surface area contributed by atoms with Crippen LogP contribution < -0.4 is 5.32 Å². The van der Waals surface area contributed by atoms with Gasteiger partial charge in [0.2, 0.25) is 5.91 Å². The predicted octanol–water partition coefficient (Wildman–Crippen LogP) is 2.76. The molecule has 0 aromatic carbocycles. The summed E-state index contributed by atoms with van der Waals surface area (Å²) in [6.07, 6.45) is 5.86. The van der Waals surface area contributed by atoms with Gasteiger partial charge in [-0.1, -0.05) is 40.5 Å². The van der Waals surface area contributed by atoms with Crippen LogP contribution in [0.4, 0.5) is 0 Å². The molecule has 3 nitrogen and oxygen atoms in total.